The van der Waals surface area contributed by atoms with Crippen molar-refractivity contribution in [2.75, 3.05) is 7.11 Å². The summed E-state index contributed by atoms with van der Waals surface area (Å²) in [7, 11) is 1.53. The number of methoxy groups -OCH3 is 1. The maximum Gasteiger partial charge on any atom is 0.275 e. The minimum Gasteiger partial charge on any atom is -0.496 e. The average Bonchev–Trinajstić information content (AvgIpc) is 3.06. The van der Waals surface area contributed by atoms with Crippen molar-refractivity contribution in [3.63, 3.8) is 0 Å². The van der Waals surface area contributed by atoms with Gasteiger partial charge in [-0.25, -0.2) is 5.43 Å². The second kappa shape index (κ2) is 6.13. The van der Waals surface area contributed by atoms with Crippen LogP contribution < -0.4 is 10.2 Å². The van der Waals surface area contributed by atoms with Crippen LogP contribution in [0, 0.1) is 0 Å². The minimum atomic E-state index is -0.342. The second-order valence-electron chi connectivity index (χ2n) is 4.61. The molecular weight excluding hydrogens is 280 g/mol. The van der Waals surface area contributed by atoms with Gasteiger partial charge >= 0.3 is 0 Å². The molecule has 22 heavy (non-hydrogen) atoms. The maximum absolute atomic E-state index is 12.3. The van der Waals surface area contributed by atoms with E-state index in [1.54, 1.807) is 18.2 Å². The Balaban J connectivity index is 1.86. The minimum absolute atomic E-state index is 0.342. The molecule has 1 amide bonds. The molecule has 0 saturated carbocycles. The number of fused-ring (bicyclic) bond motifs is 1. The predicted octanol–water partition coefficient (Wildman–Crippen LogP) is 3.21. The number of ether oxygens (including phenoxy) is 1. The first-order valence-electron chi connectivity index (χ1n) is 6.71. The summed E-state index contributed by atoms with van der Waals surface area (Å²) < 4.78 is 10.4. The van der Waals surface area contributed by atoms with E-state index in [4.69, 9.17) is 9.15 Å². The Morgan fingerprint density at radius 2 is 1.95 bits per heavy atom. The van der Waals surface area contributed by atoms with E-state index in [-0.39, 0.29) is 5.91 Å². The molecule has 0 unspecified atom stereocenters. The van der Waals surface area contributed by atoms with Crippen LogP contribution in [0.3, 0.4) is 0 Å². The third-order valence-corrected chi connectivity index (χ3v) is 3.21. The summed E-state index contributed by atoms with van der Waals surface area (Å²) in [5.41, 5.74) is 2.90. The molecule has 0 aliphatic carbocycles. The number of furan rings is 1. The van der Waals surface area contributed by atoms with E-state index in [9.17, 15) is 4.79 Å². The van der Waals surface area contributed by atoms with Gasteiger partial charge in [0.2, 0.25) is 0 Å². The highest BCUT2D eigenvalue weighted by molar-refractivity contribution is 6.01. The van der Waals surface area contributed by atoms with Gasteiger partial charge < -0.3 is 9.15 Å². The van der Waals surface area contributed by atoms with Crippen LogP contribution in [0.4, 0.5) is 0 Å². The third-order valence-electron chi connectivity index (χ3n) is 3.21. The van der Waals surface area contributed by atoms with E-state index in [0.717, 1.165) is 10.8 Å². The summed E-state index contributed by atoms with van der Waals surface area (Å²) in [6.07, 6.45) is 2.97. The summed E-state index contributed by atoms with van der Waals surface area (Å²) in [4.78, 5) is 12.3. The standard InChI is InChI=1S/C17H14N2O3/c1-21-16-10-13-6-3-2-5-12(13)9-15(16)17(20)19-18-11-14-7-4-8-22-14/h2-11H,1H3,(H,19,20)/b18-11+. The third kappa shape index (κ3) is 2.83. The summed E-state index contributed by atoms with van der Waals surface area (Å²) in [6, 6.07) is 14.9. The Labute approximate surface area is 127 Å². The number of benzene rings is 2. The Hall–Kier alpha value is -3.08. The number of nitrogens with one attached hydrogen (secondary N) is 1. The van der Waals surface area contributed by atoms with Gasteiger partial charge in [-0.2, -0.15) is 5.10 Å². The topological polar surface area (TPSA) is 63.8 Å². The predicted molar refractivity (Wildman–Crippen MR) is 84.3 cm³/mol. The molecule has 0 fully saturated rings. The lowest BCUT2D eigenvalue weighted by Crippen LogP contribution is -2.18. The molecule has 2 aromatic carbocycles. The molecule has 0 spiro atoms. The zero-order valence-corrected chi connectivity index (χ0v) is 11.9. The van der Waals surface area contributed by atoms with Gasteiger partial charge in [0.15, 0.2) is 0 Å². The van der Waals surface area contributed by atoms with Crippen molar-refractivity contribution in [3.05, 3.63) is 66.1 Å². The van der Waals surface area contributed by atoms with Crippen LogP contribution in [0.1, 0.15) is 16.1 Å². The first-order valence-corrected chi connectivity index (χ1v) is 6.71. The van der Waals surface area contributed by atoms with Gasteiger partial charge in [0, 0.05) is 0 Å². The maximum atomic E-state index is 12.3. The molecule has 0 saturated heterocycles. The summed E-state index contributed by atoms with van der Waals surface area (Å²) in [6.45, 7) is 0. The zero-order valence-electron chi connectivity index (χ0n) is 11.9. The largest absolute Gasteiger partial charge is 0.496 e. The van der Waals surface area contributed by atoms with Gasteiger partial charge in [-0.15, -0.1) is 0 Å². The van der Waals surface area contributed by atoms with E-state index < -0.39 is 0 Å². The molecule has 3 aromatic rings. The van der Waals surface area contributed by atoms with Gasteiger partial charge in [-0.05, 0) is 35.0 Å². The summed E-state index contributed by atoms with van der Waals surface area (Å²) in [5, 5.41) is 5.84. The van der Waals surface area contributed by atoms with Crippen molar-refractivity contribution >= 4 is 22.9 Å². The molecule has 1 aromatic heterocycles. The number of carbonyl (C=O) groups is 1. The number of carbonyl (C=O) groups excluding carboxylic acids is 1. The molecule has 0 radical (unpaired) electrons. The van der Waals surface area contributed by atoms with Crippen LogP contribution in [0.2, 0.25) is 0 Å². The van der Waals surface area contributed by atoms with Crippen LogP contribution in [0.15, 0.2) is 64.3 Å². The highest BCUT2D eigenvalue weighted by Crippen LogP contribution is 2.25. The Kier molecular flexibility index (Phi) is 3.87. The number of amides is 1. The van der Waals surface area contributed by atoms with Crippen molar-refractivity contribution in [2.24, 2.45) is 5.10 Å². The lowest BCUT2D eigenvalue weighted by Gasteiger charge is -2.09. The number of nitrogens with zero attached hydrogens (tertiary/aromatic N) is 1. The Bertz CT molecular complexity index is 823. The zero-order chi connectivity index (χ0) is 15.4. The van der Waals surface area contributed by atoms with Crippen LogP contribution in [-0.2, 0) is 0 Å². The number of hydrogen-bond acceptors (Lipinski definition) is 4. The lowest BCUT2D eigenvalue weighted by molar-refractivity contribution is 0.0952. The monoisotopic (exact) mass is 294 g/mol. The van der Waals surface area contributed by atoms with E-state index in [2.05, 4.69) is 10.5 Å². The molecule has 0 bridgehead atoms. The van der Waals surface area contributed by atoms with Crippen LogP contribution in [0.25, 0.3) is 10.8 Å². The quantitative estimate of drug-likeness (QED) is 0.593. The van der Waals surface area contributed by atoms with E-state index in [1.165, 1.54) is 19.6 Å². The Morgan fingerprint density at radius 1 is 1.18 bits per heavy atom. The van der Waals surface area contributed by atoms with Crippen molar-refractivity contribution in [1.82, 2.24) is 5.43 Å². The van der Waals surface area contributed by atoms with Gasteiger partial charge in [-0.3, -0.25) is 4.79 Å². The van der Waals surface area contributed by atoms with E-state index in [1.807, 2.05) is 30.3 Å². The molecular formula is C17H14N2O3. The average molecular weight is 294 g/mol. The highest BCUT2D eigenvalue weighted by Gasteiger charge is 2.13. The van der Waals surface area contributed by atoms with Crippen molar-refractivity contribution < 1.29 is 13.9 Å². The fourth-order valence-corrected chi connectivity index (χ4v) is 2.15. The van der Waals surface area contributed by atoms with E-state index in [0.29, 0.717) is 17.1 Å². The molecule has 0 aliphatic heterocycles. The number of rotatable bonds is 4. The fraction of sp³-hybridized carbons (Fsp3) is 0.0588. The van der Waals surface area contributed by atoms with Crippen LogP contribution in [0.5, 0.6) is 5.75 Å². The molecule has 3 rings (SSSR count). The molecule has 5 heteroatoms. The lowest BCUT2D eigenvalue weighted by atomic mass is 10.1. The van der Waals surface area contributed by atoms with E-state index >= 15 is 0 Å². The Morgan fingerprint density at radius 3 is 2.64 bits per heavy atom. The SMILES string of the molecule is COc1cc2ccccc2cc1C(=O)N/N=C/c1ccco1. The highest BCUT2D eigenvalue weighted by atomic mass is 16.5. The molecule has 0 aliphatic rings. The van der Waals surface area contributed by atoms with Gasteiger partial charge in [0.05, 0.1) is 25.2 Å². The number of hydrogen-bond donors (Lipinski definition) is 1. The molecule has 1 N–H and O–H groups in total. The van der Waals surface area contributed by atoms with Crippen LogP contribution in [-0.4, -0.2) is 19.2 Å². The summed E-state index contributed by atoms with van der Waals surface area (Å²) >= 11 is 0. The first kappa shape index (κ1) is 13.9. The summed E-state index contributed by atoms with van der Waals surface area (Å²) in [5.74, 6) is 0.723. The first-order chi connectivity index (χ1) is 10.8. The van der Waals surface area contributed by atoms with Crippen LogP contribution >= 0.6 is 0 Å². The van der Waals surface area contributed by atoms with Gasteiger partial charge in [-0.1, -0.05) is 24.3 Å². The van der Waals surface area contributed by atoms with Crippen molar-refractivity contribution in [2.45, 2.75) is 0 Å². The molecule has 110 valence electrons. The smallest absolute Gasteiger partial charge is 0.275 e. The van der Waals surface area contributed by atoms with Crippen molar-refractivity contribution in [1.29, 1.82) is 0 Å². The number of hydrazone groups is 1. The molecule has 0 atom stereocenters. The molecule has 1 heterocycles. The van der Waals surface area contributed by atoms with Crippen molar-refractivity contribution in [3.8, 4) is 5.75 Å². The molecule has 5 nitrogen and oxygen atoms in total. The van der Waals surface area contributed by atoms with Gasteiger partial charge in [0.1, 0.15) is 11.5 Å². The second-order valence-corrected chi connectivity index (χ2v) is 4.61. The van der Waals surface area contributed by atoms with Gasteiger partial charge in [0.25, 0.3) is 5.91 Å². The fourth-order valence-electron chi connectivity index (χ4n) is 2.15. The normalized spacial score (nSPS) is 11.0.